The molecule has 1 unspecified atom stereocenters. The SMILES string of the molecule is CCC(CN=C1C=c2sc(=Cc3nc(-c4ccccc4)n(C)c3O)cc2S1)CC(C)C. The van der Waals surface area contributed by atoms with Gasteiger partial charge in [-0.25, -0.2) is 4.98 Å². The highest BCUT2D eigenvalue weighted by molar-refractivity contribution is 8.15. The van der Waals surface area contributed by atoms with Crippen LogP contribution in [0.3, 0.4) is 0 Å². The Bertz CT molecular complexity index is 1210. The van der Waals surface area contributed by atoms with E-state index in [1.807, 2.05) is 43.5 Å². The Morgan fingerprint density at radius 2 is 2.00 bits per heavy atom. The molecule has 4 rings (SSSR count). The van der Waals surface area contributed by atoms with E-state index in [0.717, 1.165) is 33.4 Å². The van der Waals surface area contributed by atoms with Crippen molar-refractivity contribution in [2.75, 3.05) is 6.54 Å². The van der Waals surface area contributed by atoms with Crippen LogP contribution in [-0.4, -0.2) is 26.2 Å². The average molecular weight is 452 g/mol. The fourth-order valence-corrected chi connectivity index (χ4v) is 6.05. The maximum absolute atomic E-state index is 10.6. The molecule has 1 aliphatic rings. The Morgan fingerprint density at radius 1 is 1.23 bits per heavy atom. The van der Waals surface area contributed by atoms with E-state index in [1.165, 1.54) is 22.3 Å². The minimum Gasteiger partial charge on any atom is -0.493 e. The molecule has 3 heterocycles. The molecule has 1 aromatic carbocycles. The van der Waals surface area contributed by atoms with E-state index in [4.69, 9.17) is 4.99 Å². The van der Waals surface area contributed by atoms with Crippen molar-refractivity contribution in [3.05, 3.63) is 51.2 Å². The monoisotopic (exact) mass is 451 g/mol. The second kappa shape index (κ2) is 9.45. The van der Waals surface area contributed by atoms with Gasteiger partial charge in [-0.1, -0.05) is 69.3 Å². The first-order chi connectivity index (χ1) is 14.9. The van der Waals surface area contributed by atoms with Gasteiger partial charge in [-0.3, -0.25) is 9.56 Å². The lowest BCUT2D eigenvalue weighted by molar-refractivity contribution is 0.408. The first kappa shape index (κ1) is 21.9. The molecule has 0 saturated heterocycles. The zero-order valence-corrected chi connectivity index (χ0v) is 20.1. The van der Waals surface area contributed by atoms with Crippen molar-refractivity contribution in [2.24, 2.45) is 23.9 Å². The fourth-order valence-electron chi connectivity index (χ4n) is 3.83. The van der Waals surface area contributed by atoms with Crippen LogP contribution in [0.5, 0.6) is 5.88 Å². The van der Waals surface area contributed by atoms with Crippen molar-refractivity contribution in [3.8, 4) is 17.3 Å². The second-order valence-corrected chi connectivity index (χ2v) is 10.6. The number of benzene rings is 1. The van der Waals surface area contributed by atoms with E-state index >= 15 is 0 Å². The number of imidazole rings is 1. The van der Waals surface area contributed by atoms with Crippen LogP contribution in [0.1, 0.15) is 39.3 Å². The van der Waals surface area contributed by atoms with E-state index in [1.54, 1.807) is 27.7 Å². The van der Waals surface area contributed by atoms with Gasteiger partial charge in [0, 0.05) is 33.1 Å². The molecule has 1 N–H and O–H groups in total. The summed E-state index contributed by atoms with van der Waals surface area (Å²) in [5, 5.41) is 11.7. The molecular weight excluding hydrogens is 422 g/mol. The third-order valence-corrected chi connectivity index (χ3v) is 7.67. The van der Waals surface area contributed by atoms with E-state index in [0.29, 0.717) is 11.6 Å². The van der Waals surface area contributed by atoms with Gasteiger partial charge in [-0.15, -0.1) is 11.3 Å². The molecule has 0 radical (unpaired) electrons. The van der Waals surface area contributed by atoms with Gasteiger partial charge in [0.1, 0.15) is 11.5 Å². The smallest absolute Gasteiger partial charge is 0.219 e. The molecule has 1 aliphatic heterocycles. The third kappa shape index (κ3) is 4.96. The van der Waals surface area contributed by atoms with Gasteiger partial charge >= 0.3 is 0 Å². The maximum Gasteiger partial charge on any atom is 0.219 e. The Morgan fingerprint density at radius 3 is 2.68 bits per heavy atom. The number of aromatic hydroxyl groups is 1. The van der Waals surface area contributed by atoms with E-state index in [9.17, 15) is 5.11 Å². The van der Waals surface area contributed by atoms with Crippen LogP contribution in [0, 0.1) is 11.8 Å². The zero-order chi connectivity index (χ0) is 22.0. The van der Waals surface area contributed by atoms with Gasteiger partial charge < -0.3 is 5.11 Å². The van der Waals surface area contributed by atoms with Crippen molar-refractivity contribution in [1.82, 2.24) is 9.55 Å². The first-order valence-corrected chi connectivity index (χ1v) is 12.4. The summed E-state index contributed by atoms with van der Waals surface area (Å²) in [7, 11) is 1.84. The number of rotatable bonds is 7. The Hall–Kier alpha value is -2.31. The summed E-state index contributed by atoms with van der Waals surface area (Å²) in [5.41, 5.74) is 1.58. The molecule has 0 spiro atoms. The quantitative estimate of drug-likeness (QED) is 0.547. The number of fused-ring (bicyclic) bond motifs is 1. The summed E-state index contributed by atoms with van der Waals surface area (Å²) in [6.07, 6.45) is 6.57. The molecule has 4 nitrogen and oxygen atoms in total. The minimum absolute atomic E-state index is 0.182. The van der Waals surface area contributed by atoms with Crippen LogP contribution < -0.4 is 9.06 Å². The topological polar surface area (TPSA) is 50.4 Å². The summed E-state index contributed by atoms with van der Waals surface area (Å²) in [6.45, 7) is 7.73. The number of aliphatic imine (C=N–C) groups is 1. The molecular formula is C25H29N3OS2. The standard InChI is InChI=1S/C25H29N3OS2/c1-5-17(11-16(2)3)15-26-23-14-22-21(31-23)13-19(30-22)12-20-25(29)28(4)24(27-20)18-9-7-6-8-10-18/h6-10,12-14,16-17,29H,5,11,15H2,1-4H3. The van der Waals surface area contributed by atoms with Crippen LogP contribution in [0.25, 0.3) is 23.5 Å². The van der Waals surface area contributed by atoms with Crippen LogP contribution in [0.15, 0.2) is 46.3 Å². The normalized spacial score (nSPS) is 16.2. The van der Waals surface area contributed by atoms with Crippen LogP contribution in [0.4, 0.5) is 0 Å². The lowest BCUT2D eigenvalue weighted by atomic mass is 9.95. The third-order valence-electron chi connectivity index (χ3n) is 5.50. The minimum atomic E-state index is 0.182. The largest absolute Gasteiger partial charge is 0.493 e. The van der Waals surface area contributed by atoms with Crippen molar-refractivity contribution < 1.29 is 5.11 Å². The highest BCUT2D eigenvalue weighted by Crippen LogP contribution is 2.27. The first-order valence-electron chi connectivity index (χ1n) is 10.8. The molecule has 0 saturated carbocycles. The lowest BCUT2D eigenvalue weighted by Crippen LogP contribution is -2.08. The number of hydrogen-bond donors (Lipinski definition) is 1. The van der Waals surface area contributed by atoms with E-state index in [-0.39, 0.29) is 5.88 Å². The van der Waals surface area contributed by atoms with E-state index in [2.05, 4.69) is 37.9 Å². The summed E-state index contributed by atoms with van der Waals surface area (Å²) >= 11 is 3.46. The summed E-state index contributed by atoms with van der Waals surface area (Å²) in [5.74, 6) is 2.32. The molecule has 162 valence electrons. The Kier molecular flexibility index (Phi) is 6.68. The molecule has 31 heavy (non-hydrogen) atoms. The zero-order valence-electron chi connectivity index (χ0n) is 18.5. The van der Waals surface area contributed by atoms with Crippen LogP contribution in [-0.2, 0) is 7.05 Å². The molecule has 0 aliphatic carbocycles. The Balaban J connectivity index is 1.56. The van der Waals surface area contributed by atoms with Gasteiger partial charge in [0.05, 0.1) is 5.04 Å². The van der Waals surface area contributed by atoms with Gasteiger partial charge in [0.25, 0.3) is 0 Å². The molecule has 6 heteroatoms. The molecule has 2 aromatic heterocycles. The fraction of sp³-hybridized carbons (Fsp3) is 0.360. The predicted octanol–water partition coefficient (Wildman–Crippen LogP) is 5.04. The van der Waals surface area contributed by atoms with Gasteiger partial charge in [0.15, 0.2) is 0 Å². The van der Waals surface area contributed by atoms with Gasteiger partial charge in [-0.2, -0.15) is 0 Å². The van der Waals surface area contributed by atoms with Crippen LogP contribution in [0.2, 0.25) is 0 Å². The number of nitrogens with zero attached hydrogens (tertiary/aromatic N) is 3. The van der Waals surface area contributed by atoms with Crippen molar-refractivity contribution >= 4 is 40.3 Å². The summed E-state index contributed by atoms with van der Waals surface area (Å²) in [4.78, 5) is 10.8. The number of hydrogen-bond acceptors (Lipinski definition) is 5. The maximum atomic E-state index is 10.6. The number of aromatic nitrogens is 2. The lowest BCUT2D eigenvalue weighted by Gasteiger charge is -2.14. The molecule has 0 bridgehead atoms. The predicted molar refractivity (Wildman–Crippen MR) is 133 cm³/mol. The van der Waals surface area contributed by atoms with Gasteiger partial charge in [0.2, 0.25) is 5.88 Å². The number of thiophene rings is 1. The Labute approximate surface area is 192 Å². The summed E-state index contributed by atoms with van der Waals surface area (Å²) < 4.78 is 4.06. The average Bonchev–Trinajstić information content (AvgIpc) is 3.39. The van der Waals surface area contributed by atoms with Gasteiger partial charge in [-0.05, 0) is 36.5 Å². The molecule has 3 aromatic rings. The summed E-state index contributed by atoms with van der Waals surface area (Å²) in [6, 6.07) is 12.1. The van der Waals surface area contributed by atoms with E-state index < -0.39 is 0 Å². The molecule has 1 atom stereocenters. The van der Waals surface area contributed by atoms with Crippen molar-refractivity contribution in [2.45, 2.75) is 38.5 Å². The molecule has 0 fully saturated rings. The molecule has 0 amide bonds. The highest BCUT2D eigenvalue weighted by Gasteiger charge is 2.16. The highest BCUT2D eigenvalue weighted by atomic mass is 32.2. The van der Waals surface area contributed by atoms with Crippen molar-refractivity contribution in [1.29, 1.82) is 0 Å². The van der Waals surface area contributed by atoms with Crippen LogP contribution >= 0.6 is 23.1 Å². The second-order valence-electron chi connectivity index (χ2n) is 8.42. The van der Waals surface area contributed by atoms with Crippen molar-refractivity contribution in [3.63, 3.8) is 0 Å². The number of thioether (sulfide) groups is 1.